The maximum absolute atomic E-state index is 14.5. The summed E-state index contributed by atoms with van der Waals surface area (Å²) in [6.45, 7) is 3.07. The first-order chi connectivity index (χ1) is 14.1. The van der Waals surface area contributed by atoms with Crippen LogP contribution in [0.5, 0.6) is 0 Å². The highest BCUT2D eigenvalue weighted by molar-refractivity contribution is 7.99. The molecule has 30 heavy (non-hydrogen) atoms. The number of alkyl halides is 3. The number of hydrogen-bond acceptors (Lipinski definition) is 3. The molecule has 1 heterocycles. The van der Waals surface area contributed by atoms with Crippen LogP contribution < -0.4 is 4.90 Å². The molecule has 1 amide bonds. The molecule has 162 valence electrons. The van der Waals surface area contributed by atoms with Crippen LogP contribution in [0, 0.1) is 18.6 Å². The molecule has 0 atom stereocenters. The number of piperazine rings is 1. The third-order valence-corrected chi connectivity index (χ3v) is 6.10. The topological polar surface area (TPSA) is 23.6 Å². The number of amides is 1. The van der Waals surface area contributed by atoms with Crippen LogP contribution in [0.4, 0.5) is 27.6 Å². The van der Waals surface area contributed by atoms with Gasteiger partial charge in [0.1, 0.15) is 11.6 Å². The Balaban J connectivity index is 1.62. The molecule has 0 saturated carbocycles. The molecule has 0 N–H and O–H groups in total. The van der Waals surface area contributed by atoms with Crippen molar-refractivity contribution in [3.8, 4) is 0 Å². The highest BCUT2D eigenvalue weighted by Gasteiger charge is 2.28. The lowest BCUT2D eigenvalue weighted by Crippen LogP contribution is -2.49. The second-order valence-corrected chi connectivity index (χ2v) is 8.16. The molecule has 2 aromatic rings. The summed E-state index contributed by atoms with van der Waals surface area (Å²) in [7, 11) is 0. The smallest absolute Gasteiger partial charge is 0.366 e. The van der Waals surface area contributed by atoms with E-state index in [0.717, 1.165) is 0 Å². The quantitative estimate of drug-likeness (QED) is 0.488. The van der Waals surface area contributed by atoms with Crippen molar-refractivity contribution in [2.75, 3.05) is 36.8 Å². The van der Waals surface area contributed by atoms with E-state index in [9.17, 15) is 26.7 Å². The first kappa shape index (κ1) is 22.4. The van der Waals surface area contributed by atoms with E-state index in [1.807, 2.05) is 0 Å². The van der Waals surface area contributed by atoms with Crippen molar-refractivity contribution in [3.63, 3.8) is 0 Å². The minimum atomic E-state index is -4.30. The summed E-state index contributed by atoms with van der Waals surface area (Å²) in [6.07, 6.45) is -4.15. The molecule has 3 rings (SSSR count). The molecule has 3 nitrogen and oxygen atoms in total. The molecular weight excluding hydrogens is 423 g/mol. The molecule has 9 heteroatoms. The number of anilines is 1. The molecule has 2 aromatic carbocycles. The summed E-state index contributed by atoms with van der Waals surface area (Å²) in [5.41, 5.74) is 1.41. The molecule has 1 aliphatic rings. The largest absolute Gasteiger partial charge is 0.398 e. The van der Waals surface area contributed by atoms with E-state index in [1.54, 1.807) is 28.9 Å². The standard InChI is InChI=1S/C21H21F5N2OS/c1-14-10-17(23)18(12-19(14)30-13-21(24,25)26)27-6-8-28(9-7-27)20(29)11-15-2-4-16(22)5-3-15/h2-5,10,12H,6-9,11,13H2,1H3. The molecule has 1 aliphatic heterocycles. The van der Waals surface area contributed by atoms with Crippen LogP contribution in [-0.4, -0.2) is 48.9 Å². The number of thioether (sulfide) groups is 1. The molecule has 0 spiro atoms. The van der Waals surface area contributed by atoms with Crippen molar-refractivity contribution in [2.45, 2.75) is 24.4 Å². The lowest BCUT2D eigenvalue weighted by atomic mass is 10.1. The summed E-state index contributed by atoms with van der Waals surface area (Å²) in [4.78, 5) is 16.3. The molecule has 0 aromatic heterocycles. The van der Waals surface area contributed by atoms with Gasteiger partial charge in [0.2, 0.25) is 5.91 Å². The Hall–Kier alpha value is -2.29. The summed E-state index contributed by atoms with van der Waals surface area (Å²) in [6, 6.07) is 8.43. The minimum Gasteiger partial charge on any atom is -0.366 e. The average Bonchev–Trinajstić information content (AvgIpc) is 2.68. The van der Waals surface area contributed by atoms with Crippen molar-refractivity contribution >= 4 is 23.4 Å². The van der Waals surface area contributed by atoms with E-state index < -0.39 is 17.7 Å². The molecule has 0 bridgehead atoms. The minimum absolute atomic E-state index is 0.105. The van der Waals surface area contributed by atoms with E-state index in [4.69, 9.17) is 0 Å². The van der Waals surface area contributed by atoms with E-state index in [-0.39, 0.29) is 23.8 Å². The fourth-order valence-corrected chi connectivity index (χ4v) is 4.09. The van der Waals surface area contributed by atoms with E-state index in [1.165, 1.54) is 24.3 Å². The Morgan fingerprint density at radius 1 is 1.03 bits per heavy atom. The second-order valence-electron chi connectivity index (χ2n) is 7.14. The fraction of sp³-hybridized carbons (Fsp3) is 0.381. The zero-order valence-electron chi connectivity index (χ0n) is 16.3. The van der Waals surface area contributed by atoms with Gasteiger partial charge in [-0.1, -0.05) is 12.1 Å². The molecule has 0 unspecified atom stereocenters. The van der Waals surface area contributed by atoms with Crippen molar-refractivity contribution in [2.24, 2.45) is 0 Å². The van der Waals surface area contributed by atoms with Crippen molar-refractivity contribution in [3.05, 3.63) is 59.2 Å². The zero-order valence-corrected chi connectivity index (χ0v) is 17.1. The number of benzene rings is 2. The summed E-state index contributed by atoms with van der Waals surface area (Å²) in [5.74, 6) is -2.00. The summed E-state index contributed by atoms with van der Waals surface area (Å²) in [5, 5.41) is 0. The van der Waals surface area contributed by atoms with Gasteiger partial charge >= 0.3 is 6.18 Å². The molecule has 0 radical (unpaired) electrons. The van der Waals surface area contributed by atoms with Crippen LogP contribution in [-0.2, 0) is 11.2 Å². The van der Waals surface area contributed by atoms with Crippen LogP contribution >= 0.6 is 11.8 Å². The zero-order chi connectivity index (χ0) is 21.9. The average molecular weight is 444 g/mol. The van der Waals surface area contributed by atoms with Crippen LogP contribution in [0.3, 0.4) is 0 Å². The maximum Gasteiger partial charge on any atom is 0.398 e. The van der Waals surface area contributed by atoms with Crippen molar-refractivity contribution in [1.29, 1.82) is 0 Å². The van der Waals surface area contributed by atoms with Gasteiger partial charge in [-0.3, -0.25) is 4.79 Å². The van der Waals surface area contributed by atoms with Gasteiger partial charge < -0.3 is 9.80 Å². The number of halogens is 5. The Bertz CT molecular complexity index is 894. The maximum atomic E-state index is 14.5. The molecule has 0 aliphatic carbocycles. The number of aryl methyl sites for hydroxylation is 1. The van der Waals surface area contributed by atoms with Gasteiger partial charge in [-0.15, -0.1) is 11.8 Å². The Morgan fingerprint density at radius 3 is 2.27 bits per heavy atom. The molecular formula is C21H21F5N2OS. The van der Waals surface area contributed by atoms with Gasteiger partial charge in [0.05, 0.1) is 17.9 Å². The Labute approximate surface area is 175 Å². The normalized spacial score (nSPS) is 14.9. The van der Waals surface area contributed by atoms with Crippen LogP contribution in [0.15, 0.2) is 41.3 Å². The third kappa shape index (κ3) is 5.87. The molecule has 1 fully saturated rings. The lowest BCUT2D eigenvalue weighted by molar-refractivity contribution is -0.130. The second kappa shape index (κ2) is 9.24. The highest BCUT2D eigenvalue weighted by atomic mass is 32.2. The van der Waals surface area contributed by atoms with Crippen LogP contribution in [0.2, 0.25) is 0 Å². The van der Waals surface area contributed by atoms with E-state index in [0.29, 0.717) is 54.0 Å². The van der Waals surface area contributed by atoms with Gasteiger partial charge in [0, 0.05) is 31.1 Å². The van der Waals surface area contributed by atoms with Crippen LogP contribution in [0.25, 0.3) is 0 Å². The van der Waals surface area contributed by atoms with Gasteiger partial charge in [0.15, 0.2) is 0 Å². The summed E-state index contributed by atoms with van der Waals surface area (Å²) >= 11 is 0.639. The first-order valence-corrected chi connectivity index (χ1v) is 10.4. The first-order valence-electron chi connectivity index (χ1n) is 9.39. The van der Waals surface area contributed by atoms with Crippen LogP contribution in [0.1, 0.15) is 11.1 Å². The molecule has 1 saturated heterocycles. The summed E-state index contributed by atoms with van der Waals surface area (Å²) < 4.78 is 65.1. The number of hydrogen-bond donors (Lipinski definition) is 0. The van der Waals surface area contributed by atoms with Gasteiger partial charge in [-0.05, 0) is 42.3 Å². The lowest BCUT2D eigenvalue weighted by Gasteiger charge is -2.36. The highest BCUT2D eigenvalue weighted by Crippen LogP contribution is 2.34. The predicted molar refractivity (Wildman–Crippen MR) is 107 cm³/mol. The third-order valence-electron chi connectivity index (χ3n) is 4.88. The predicted octanol–water partition coefficient (Wildman–Crippen LogP) is 4.82. The van der Waals surface area contributed by atoms with Crippen molar-refractivity contribution in [1.82, 2.24) is 4.90 Å². The van der Waals surface area contributed by atoms with Gasteiger partial charge in [-0.2, -0.15) is 13.2 Å². The van der Waals surface area contributed by atoms with Gasteiger partial charge in [-0.25, -0.2) is 8.78 Å². The Morgan fingerprint density at radius 2 is 1.67 bits per heavy atom. The van der Waals surface area contributed by atoms with E-state index in [2.05, 4.69) is 0 Å². The number of carbonyl (C=O) groups is 1. The number of rotatable bonds is 5. The van der Waals surface area contributed by atoms with Gasteiger partial charge in [0.25, 0.3) is 0 Å². The Kier molecular flexibility index (Phi) is 6.90. The number of nitrogens with zero attached hydrogens (tertiary/aromatic N) is 2. The van der Waals surface area contributed by atoms with Crippen molar-refractivity contribution < 1.29 is 26.7 Å². The monoisotopic (exact) mass is 444 g/mol. The van der Waals surface area contributed by atoms with E-state index >= 15 is 0 Å². The SMILES string of the molecule is Cc1cc(F)c(N2CCN(C(=O)Cc3ccc(F)cc3)CC2)cc1SCC(F)(F)F. The fourth-order valence-electron chi connectivity index (χ4n) is 3.28. The number of carbonyl (C=O) groups excluding carboxylic acids is 1.